The number of anilines is 1. The van der Waals surface area contributed by atoms with Gasteiger partial charge in [-0.25, -0.2) is 0 Å². The summed E-state index contributed by atoms with van der Waals surface area (Å²) in [5.41, 5.74) is 6.93. The van der Waals surface area contributed by atoms with E-state index in [0.717, 1.165) is 5.69 Å². The first-order valence-corrected chi connectivity index (χ1v) is 6.00. The van der Waals surface area contributed by atoms with Crippen LogP contribution in [-0.4, -0.2) is 35.7 Å². The van der Waals surface area contributed by atoms with Gasteiger partial charge < -0.3 is 15.2 Å². The van der Waals surface area contributed by atoms with E-state index in [1.165, 1.54) is 0 Å². The quantitative estimate of drug-likeness (QED) is 0.841. The van der Waals surface area contributed by atoms with E-state index < -0.39 is 0 Å². The van der Waals surface area contributed by atoms with Crippen molar-refractivity contribution in [2.24, 2.45) is 0 Å². The molecule has 1 aromatic rings. The van der Waals surface area contributed by atoms with Gasteiger partial charge >= 0.3 is 0 Å². The molecule has 5 heteroatoms. The van der Waals surface area contributed by atoms with Crippen molar-refractivity contribution in [3.8, 4) is 0 Å². The summed E-state index contributed by atoms with van der Waals surface area (Å²) in [6, 6.07) is 1.93. The first kappa shape index (κ1) is 12.4. The summed E-state index contributed by atoms with van der Waals surface area (Å²) in [7, 11) is 0. The fraction of sp³-hybridized carbons (Fsp3) is 0.750. The van der Waals surface area contributed by atoms with Crippen molar-refractivity contribution in [1.29, 1.82) is 0 Å². The van der Waals surface area contributed by atoms with Gasteiger partial charge in [0.25, 0.3) is 0 Å². The second-order valence-electron chi connectivity index (χ2n) is 5.45. The highest BCUT2D eigenvalue weighted by atomic mass is 16.6. The van der Waals surface area contributed by atoms with Crippen LogP contribution in [0, 0.1) is 0 Å². The molecule has 1 unspecified atom stereocenters. The van der Waals surface area contributed by atoms with Crippen LogP contribution in [-0.2, 0) is 21.4 Å². The second kappa shape index (κ2) is 4.66. The lowest BCUT2D eigenvalue weighted by atomic mass is 9.92. The number of ether oxygens (including phenoxy) is 2. The Morgan fingerprint density at radius 2 is 2.24 bits per heavy atom. The Kier molecular flexibility index (Phi) is 3.40. The Balaban J connectivity index is 2.14. The largest absolute Gasteiger partial charge is 0.382 e. The smallest absolute Gasteiger partial charge is 0.145 e. The van der Waals surface area contributed by atoms with Crippen molar-refractivity contribution < 1.29 is 9.47 Å². The molecule has 1 aromatic heterocycles. The lowest BCUT2D eigenvalue weighted by Crippen LogP contribution is -2.34. The van der Waals surface area contributed by atoms with E-state index in [2.05, 4.69) is 25.9 Å². The topological polar surface area (TPSA) is 62.3 Å². The van der Waals surface area contributed by atoms with E-state index >= 15 is 0 Å². The number of nitrogens with zero attached hydrogens (tertiary/aromatic N) is 2. The summed E-state index contributed by atoms with van der Waals surface area (Å²) in [5, 5.41) is 4.33. The van der Waals surface area contributed by atoms with Crippen molar-refractivity contribution >= 4 is 5.82 Å². The summed E-state index contributed by atoms with van der Waals surface area (Å²) in [6.07, 6.45) is 0.0733. The van der Waals surface area contributed by atoms with Gasteiger partial charge in [-0.1, -0.05) is 20.8 Å². The number of rotatable bonds is 2. The van der Waals surface area contributed by atoms with Crippen molar-refractivity contribution in [2.45, 2.75) is 38.8 Å². The Bertz CT molecular complexity index is 376. The lowest BCUT2D eigenvalue weighted by Gasteiger charge is -2.26. The molecular formula is C12H21N3O2. The molecule has 5 nitrogen and oxygen atoms in total. The van der Waals surface area contributed by atoms with Gasteiger partial charge in [-0.15, -0.1) is 0 Å². The van der Waals surface area contributed by atoms with E-state index in [0.29, 0.717) is 32.2 Å². The normalized spacial score (nSPS) is 21.7. The molecule has 0 amide bonds. The summed E-state index contributed by atoms with van der Waals surface area (Å²) in [4.78, 5) is 0. The number of hydrogen-bond donors (Lipinski definition) is 1. The molecule has 1 atom stereocenters. The van der Waals surface area contributed by atoms with Crippen LogP contribution in [0.1, 0.15) is 26.5 Å². The molecule has 96 valence electrons. The van der Waals surface area contributed by atoms with Crippen molar-refractivity contribution in [2.75, 3.05) is 25.6 Å². The summed E-state index contributed by atoms with van der Waals surface area (Å²) < 4.78 is 13.0. The molecule has 1 fully saturated rings. The maximum Gasteiger partial charge on any atom is 0.145 e. The van der Waals surface area contributed by atoms with E-state index in [-0.39, 0.29) is 11.5 Å². The van der Waals surface area contributed by atoms with E-state index in [1.54, 1.807) is 0 Å². The maximum atomic E-state index is 5.78. The monoisotopic (exact) mass is 239 g/mol. The number of nitrogens with two attached hydrogens (primary N) is 1. The molecule has 1 saturated heterocycles. The summed E-state index contributed by atoms with van der Waals surface area (Å²) in [5.74, 6) is 0.562. The van der Waals surface area contributed by atoms with Gasteiger partial charge in [-0.2, -0.15) is 5.10 Å². The molecule has 1 aliphatic rings. The van der Waals surface area contributed by atoms with E-state index in [1.807, 2.05) is 10.7 Å². The van der Waals surface area contributed by atoms with Crippen molar-refractivity contribution in [1.82, 2.24) is 9.78 Å². The van der Waals surface area contributed by atoms with Crippen molar-refractivity contribution in [3.63, 3.8) is 0 Å². The maximum absolute atomic E-state index is 5.78. The molecule has 0 radical (unpaired) electrons. The highest BCUT2D eigenvalue weighted by Crippen LogP contribution is 2.24. The molecule has 2 heterocycles. The summed E-state index contributed by atoms with van der Waals surface area (Å²) in [6.45, 7) is 9.12. The predicted molar refractivity (Wildman–Crippen MR) is 65.9 cm³/mol. The SMILES string of the molecule is CC(C)(C)c1cc(N)nn1CC1COCCO1. The van der Waals surface area contributed by atoms with Crippen LogP contribution < -0.4 is 5.73 Å². The Labute approximate surface area is 102 Å². The van der Waals surface area contributed by atoms with Gasteiger partial charge in [0.15, 0.2) is 0 Å². The molecule has 0 aromatic carbocycles. The van der Waals surface area contributed by atoms with Crippen LogP contribution in [0.5, 0.6) is 0 Å². The van der Waals surface area contributed by atoms with Gasteiger partial charge in [-0.05, 0) is 0 Å². The van der Waals surface area contributed by atoms with Crippen LogP contribution >= 0.6 is 0 Å². The van der Waals surface area contributed by atoms with Crippen LogP contribution in [0.2, 0.25) is 0 Å². The minimum absolute atomic E-state index is 0.0279. The first-order chi connectivity index (χ1) is 7.97. The number of nitrogen functional groups attached to an aromatic ring is 1. The average molecular weight is 239 g/mol. The summed E-state index contributed by atoms with van der Waals surface area (Å²) >= 11 is 0. The van der Waals surface area contributed by atoms with Crippen LogP contribution in [0.3, 0.4) is 0 Å². The van der Waals surface area contributed by atoms with E-state index in [4.69, 9.17) is 15.2 Å². The van der Waals surface area contributed by atoms with Gasteiger partial charge in [-0.3, -0.25) is 4.68 Å². The fourth-order valence-electron chi connectivity index (χ4n) is 2.01. The lowest BCUT2D eigenvalue weighted by molar-refractivity contribution is -0.0950. The van der Waals surface area contributed by atoms with Gasteiger partial charge in [0.2, 0.25) is 0 Å². The number of aromatic nitrogens is 2. The molecule has 0 aliphatic carbocycles. The fourth-order valence-corrected chi connectivity index (χ4v) is 2.01. The number of hydrogen-bond acceptors (Lipinski definition) is 4. The third-order valence-electron chi connectivity index (χ3n) is 2.83. The van der Waals surface area contributed by atoms with Crippen molar-refractivity contribution in [3.05, 3.63) is 11.8 Å². The minimum atomic E-state index is 0.0279. The molecule has 1 aliphatic heterocycles. The van der Waals surface area contributed by atoms with Gasteiger partial charge in [0.05, 0.1) is 26.4 Å². The predicted octanol–water partition coefficient (Wildman–Crippen LogP) is 1.18. The van der Waals surface area contributed by atoms with Crippen LogP contribution in [0.4, 0.5) is 5.82 Å². The van der Waals surface area contributed by atoms with Gasteiger partial charge in [0.1, 0.15) is 11.9 Å². The Hall–Kier alpha value is -1.07. The highest BCUT2D eigenvalue weighted by molar-refractivity contribution is 5.32. The molecule has 0 saturated carbocycles. The zero-order chi connectivity index (χ0) is 12.5. The zero-order valence-electron chi connectivity index (χ0n) is 10.8. The molecular weight excluding hydrogens is 218 g/mol. The van der Waals surface area contributed by atoms with Gasteiger partial charge in [0, 0.05) is 17.2 Å². The van der Waals surface area contributed by atoms with Crippen LogP contribution in [0.25, 0.3) is 0 Å². The highest BCUT2D eigenvalue weighted by Gasteiger charge is 2.23. The third-order valence-corrected chi connectivity index (χ3v) is 2.83. The minimum Gasteiger partial charge on any atom is -0.382 e. The standard InChI is InChI=1S/C12H21N3O2/c1-12(2,3)10-6-11(13)14-15(10)7-9-8-16-4-5-17-9/h6,9H,4-5,7-8H2,1-3H3,(H2,13,14). The van der Waals surface area contributed by atoms with Crippen LogP contribution in [0.15, 0.2) is 6.07 Å². The molecule has 0 spiro atoms. The molecule has 0 bridgehead atoms. The second-order valence-corrected chi connectivity index (χ2v) is 5.45. The average Bonchev–Trinajstić information content (AvgIpc) is 2.60. The molecule has 2 rings (SSSR count). The Morgan fingerprint density at radius 3 is 2.82 bits per heavy atom. The molecule has 17 heavy (non-hydrogen) atoms. The van der Waals surface area contributed by atoms with E-state index in [9.17, 15) is 0 Å². The third kappa shape index (κ3) is 2.98. The first-order valence-electron chi connectivity index (χ1n) is 6.00. The molecule has 2 N–H and O–H groups in total. The zero-order valence-corrected chi connectivity index (χ0v) is 10.8. The Morgan fingerprint density at radius 1 is 1.47 bits per heavy atom.